The normalized spacial score (nSPS) is 16.3. The summed E-state index contributed by atoms with van der Waals surface area (Å²) in [5.41, 5.74) is 2.01. The Balaban J connectivity index is 1.41. The number of alkyl halides is 3. The van der Waals surface area contributed by atoms with Gasteiger partial charge in [-0.2, -0.15) is 13.2 Å². The van der Waals surface area contributed by atoms with Crippen molar-refractivity contribution >= 4 is 34.4 Å². The number of aromatic nitrogens is 4. The number of amides is 1. The lowest BCUT2D eigenvalue weighted by atomic mass is 10.1. The van der Waals surface area contributed by atoms with Crippen molar-refractivity contribution < 1.29 is 18.0 Å². The van der Waals surface area contributed by atoms with E-state index >= 15 is 0 Å². The second kappa shape index (κ2) is 8.91. The van der Waals surface area contributed by atoms with Gasteiger partial charge in [0.25, 0.3) is 0 Å². The first-order valence-electron chi connectivity index (χ1n) is 9.99. The van der Waals surface area contributed by atoms with E-state index in [-0.39, 0.29) is 32.1 Å². The highest BCUT2D eigenvalue weighted by molar-refractivity contribution is 6.31. The summed E-state index contributed by atoms with van der Waals surface area (Å²) in [6, 6.07) is 1.16. The average Bonchev–Trinajstić information content (AvgIpc) is 3.16. The Morgan fingerprint density at radius 3 is 2.72 bits per heavy atom. The van der Waals surface area contributed by atoms with Crippen LogP contribution in [0.25, 0.3) is 22.3 Å². The number of rotatable bonds is 5. The van der Waals surface area contributed by atoms with Crippen molar-refractivity contribution in [2.45, 2.75) is 19.1 Å². The minimum absolute atomic E-state index is 0.185. The number of nitrogens with zero attached hydrogens (tertiary/aromatic N) is 5. The van der Waals surface area contributed by atoms with Crippen molar-refractivity contribution in [2.24, 2.45) is 0 Å². The molecule has 1 atom stereocenters. The minimum atomic E-state index is -4.24. The van der Waals surface area contributed by atoms with Crippen molar-refractivity contribution in [3.05, 3.63) is 35.9 Å². The molecule has 4 rings (SSSR count). The van der Waals surface area contributed by atoms with Gasteiger partial charge < -0.3 is 15.2 Å². The van der Waals surface area contributed by atoms with Crippen LogP contribution in [0, 0.1) is 0 Å². The van der Waals surface area contributed by atoms with Gasteiger partial charge in [0.1, 0.15) is 17.5 Å². The Hall–Kier alpha value is -2.92. The molecule has 2 N–H and O–H groups in total. The molecular weight excluding hydrogens is 447 g/mol. The zero-order valence-corrected chi connectivity index (χ0v) is 17.9. The number of hydrogen-bond acceptors (Lipinski definition) is 6. The molecule has 32 heavy (non-hydrogen) atoms. The molecule has 4 heterocycles. The van der Waals surface area contributed by atoms with Gasteiger partial charge in [-0.05, 0) is 13.0 Å². The van der Waals surface area contributed by atoms with Gasteiger partial charge in [0.2, 0.25) is 5.91 Å². The van der Waals surface area contributed by atoms with Crippen LogP contribution in [-0.2, 0) is 4.79 Å². The van der Waals surface area contributed by atoms with Crippen molar-refractivity contribution in [1.82, 2.24) is 29.7 Å². The molecule has 1 saturated heterocycles. The SMILES string of the molecule is C[C@@H](Nc1cncc(-c2c[nH]c3ncc(Cl)cc23)n1)C(=O)N1CCN(CC(F)(F)F)CC1. The fourth-order valence-electron chi connectivity index (χ4n) is 3.69. The van der Waals surface area contributed by atoms with Crippen molar-refractivity contribution in [2.75, 3.05) is 38.0 Å². The van der Waals surface area contributed by atoms with Crippen molar-refractivity contribution in [3.8, 4) is 11.3 Å². The fourth-order valence-corrected chi connectivity index (χ4v) is 3.85. The lowest BCUT2D eigenvalue weighted by molar-refractivity contribution is -0.151. The predicted octanol–water partition coefficient (Wildman–Crippen LogP) is 3.18. The molecule has 3 aromatic rings. The third-order valence-electron chi connectivity index (χ3n) is 5.23. The zero-order valence-electron chi connectivity index (χ0n) is 17.2. The number of halogens is 4. The van der Waals surface area contributed by atoms with Crippen LogP contribution in [0.3, 0.4) is 0 Å². The topological polar surface area (TPSA) is 90.0 Å². The smallest absolute Gasteiger partial charge is 0.357 e. The highest BCUT2D eigenvalue weighted by Gasteiger charge is 2.33. The molecule has 0 unspecified atom stereocenters. The molecule has 0 aliphatic carbocycles. The summed E-state index contributed by atoms with van der Waals surface area (Å²) in [5, 5.41) is 4.33. The molecule has 0 bridgehead atoms. The number of carbonyl (C=O) groups excluding carboxylic acids is 1. The summed E-state index contributed by atoms with van der Waals surface area (Å²) in [5.74, 6) is 0.204. The first-order valence-corrected chi connectivity index (χ1v) is 10.4. The van der Waals surface area contributed by atoms with Gasteiger partial charge in [-0.1, -0.05) is 11.6 Å². The van der Waals surface area contributed by atoms with E-state index < -0.39 is 18.8 Å². The maximum Gasteiger partial charge on any atom is 0.401 e. The maximum absolute atomic E-state index is 12.8. The molecular formula is C20H21ClF3N7O. The van der Waals surface area contributed by atoms with Crippen LogP contribution in [0.15, 0.2) is 30.9 Å². The molecule has 0 saturated carbocycles. The van der Waals surface area contributed by atoms with Crippen LogP contribution < -0.4 is 5.32 Å². The highest BCUT2D eigenvalue weighted by Crippen LogP contribution is 2.28. The number of hydrogen-bond donors (Lipinski definition) is 2. The van der Waals surface area contributed by atoms with Crippen LogP contribution in [0.4, 0.5) is 19.0 Å². The van der Waals surface area contributed by atoms with Gasteiger partial charge in [0.05, 0.1) is 29.7 Å². The van der Waals surface area contributed by atoms with E-state index in [2.05, 4.69) is 25.3 Å². The average molecular weight is 468 g/mol. The van der Waals surface area contributed by atoms with E-state index in [1.54, 1.807) is 36.5 Å². The first kappa shape index (κ1) is 22.3. The standard InChI is InChI=1S/C20H21ClF3N7O/c1-12(19(32)31-4-2-30(3-5-31)11-20(22,23)24)28-17-10-25-9-16(29-17)15-8-27-18-14(15)6-13(21)7-26-18/h6-10,12H,2-5,11H2,1H3,(H,26,27)(H,28,29)/t12-/m1/s1. The Kier molecular flexibility index (Phi) is 6.20. The number of fused-ring (bicyclic) bond motifs is 1. The quantitative estimate of drug-likeness (QED) is 0.599. The lowest BCUT2D eigenvalue weighted by Gasteiger charge is -2.36. The molecule has 1 aliphatic heterocycles. The number of piperazine rings is 1. The van der Waals surface area contributed by atoms with Gasteiger partial charge >= 0.3 is 6.18 Å². The Labute approximate surface area is 186 Å². The van der Waals surface area contributed by atoms with Crippen LogP contribution in [0.1, 0.15) is 6.92 Å². The molecule has 1 aliphatic rings. The number of H-pyrrole nitrogens is 1. The van der Waals surface area contributed by atoms with E-state index in [1.165, 1.54) is 11.1 Å². The largest absolute Gasteiger partial charge is 0.401 e. The number of nitrogens with one attached hydrogen (secondary N) is 2. The van der Waals surface area contributed by atoms with Gasteiger partial charge in [-0.15, -0.1) is 0 Å². The van der Waals surface area contributed by atoms with Crippen LogP contribution in [-0.4, -0.2) is 80.6 Å². The van der Waals surface area contributed by atoms with E-state index in [4.69, 9.17) is 11.6 Å². The number of pyridine rings is 1. The zero-order chi connectivity index (χ0) is 22.9. The highest BCUT2D eigenvalue weighted by atomic mass is 35.5. The van der Waals surface area contributed by atoms with Gasteiger partial charge in [0.15, 0.2) is 0 Å². The van der Waals surface area contributed by atoms with Crippen LogP contribution >= 0.6 is 11.6 Å². The van der Waals surface area contributed by atoms with Crippen LogP contribution in [0.2, 0.25) is 5.02 Å². The van der Waals surface area contributed by atoms with E-state index in [0.29, 0.717) is 22.2 Å². The second-order valence-electron chi connectivity index (χ2n) is 7.62. The van der Waals surface area contributed by atoms with Gasteiger partial charge in [0, 0.05) is 49.5 Å². The molecule has 3 aromatic heterocycles. The molecule has 1 fully saturated rings. The van der Waals surface area contributed by atoms with E-state index in [9.17, 15) is 18.0 Å². The third kappa shape index (κ3) is 5.10. The third-order valence-corrected chi connectivity index (χ3v) is 5.44. The summed E-state index contributed by atoms with van der Waals surface area (Å²) in [7, 11) is 0. The molecule has 12 heteroatoms. The van der Waals surface area contributed by atoms with Gasteiger partial charge in [-0.25, -0.2) is 9.97 Å². The molecule has 0 aromatic carbocycles. The number of carbonyl (C=O) groups is 1. The summed E-state index contributed by atoms with van der Waals surface area (Å²) >= 11 is 6.06. The van der Waals surface area contributed by atoms with Crippen molar-refractivity contribution in [3.63, 3.8) is 0 Å². The van der Waals surface area contributed by atoms with E-state index in [1.807, 2.05) is 0 Å². The van der Waals surface area contributed by atoms with Gasteiger partial charge in [-0.3, -0.25) is 14.7 Å². The minimum Gasteiger partial charge on any atom is -0.357 e. The molecule has 170 valence electrons. The monoisotopic (exact) mass is 467 g/mol. The molecule has 8 nitrogen and oxygen atoms in total. The van der Waals surface area contributed by atoms with Crippen LogP contribution in [0.5, 0.6) is 0 Å². The molecule has 0 spiro atoms. The summed E-state index contributed by atoms with van der Waals surface area (Å²) in [6.45, 7) is 1.59. The summed E-state index contributed by atoms with van der Waals surface area (Å²) in [4.78, 5) is 31.7. The first-order chi connectivity index (χ1) is 15.2. The Morgan fingerprint density at radius 2 is 2.00 bits per heavy atom. The van der Waals surface area contributed by atoms with Crippen molar-refractivity contribution in [1.29, 1.82) is 0 Å². The second-order valence-corrected chi connectivity index (χ2v) is 8.06. The Morgan fingerprint density at radius 1 is 1.25 bits per heavy atom. The maximum atomic E-state index is 12.8. The summed E-state index contributed by atoms with van der Waals surface area (Å²) < 4.78 is 37.6. The number of anilines is 1. The predicted molar refractivity (Wildman–Crippen MR) is 114 cm³/mol. The van der Waals surface area contributed by atoms with E-state index in [0.717, 1.165) is 10.9 Å². The lowest BCUT2D eigenvalue weighted by Crippen LogP contribution is -2.53. The Bertz CT molecular complexity index is 1110. The summed E-state index contributed by atoms with van der Waals surface area (Å²) in [6.07, 6.45) is 2.17. The number of aromatic amines is 1. The molecule has 1 amide bonds. The molecule has 0 radical (unpaired) electrons. The fraction of sp³-hybridized carbons (Fsp3) is 0.400.